The van der Waals surface area contributed by atoms with Crippen LogP contribution < -0.4 is 0 Å². The number of hydrogen-bond acceptors (Lipinski definition) is 18. The van der Waals surface area contributed by atoms with Gasteiger partial charge < -0.3 is 52.5 Å². The van der Waals surface area contributed by atoms with Crippen molar-refractivity contribution in [2.24, 2.45) is 0 Å². The van der Waals surface area contributed by atoms with Crippen molar-refractivity contribution in [2.45, 2.75) is 61.4 Å². The summed E-state index contributed by atoms with van der Waals surface area (Å²) < 4.78 is 62.0. The highest BCUT2D eigenvalue weighted by molar-refractivity contribution is 5.93. The molecule has 9 rings (SSSR count). The van der Waals surface area contributed by atoms with Crippen LogP contribution in [0.1, 0.15) is 72.5 Å². The molecular weight excluding hydrogens is 1020 g/mol. The molecule has 18 heteroatoms. The number of aliphatic hydroxyl groups is 1. The molecule has 10 atom stereocenters. The fourth-order valence-electron chi connectivity index (χ4n) is 8.59. The van der Waals surface area contributed by atoms with Crippen molar-refractivity contribution in [3.05, 3.63) is 251 Å². The summed E-state index contributed by atoms with van der Waals surface area (Å²) >= 11 is 0. The molecule has 402 valence electrons. The second kappa shape index (κ2) is 26.1. The standard InChI is InChI=1S/C61H50O18/c62-53(38-22-8-1-9-23-38)70-36-45-48(49(75-56(65)41-28-14-4-15-29-41)51(60(69)72-45)77-58(67)43-32-18-6-19-33-43)79-61-52(78-59(68)44-34-20-7-21-35-44)50(76-57(66)42-30-16-5-17-31-42)47(74-55(64)40-26-12-3-13-27-40)46(73-61)37-71-54(63)39-24-10-2-11-25-39/h1-35,45-52,60-61,69H,36-37H2/t45-,46-,47+,48-,49+,50+,51+,52+,60+,61+/m1/s1. The van der Waals surface area contributed by atoms with Crippen molar-refractivity contribution in [3.63, 3.8) is 0 Å². The minimum absolute atomic E-state index is 0.00210. The number of rotatable bonds is 18. The second-order valence-electron chi connectivity index (χ2n) is 17.8. The molecule has 2 fully saturated rings. The van der Waals surface area contributed by atoms with E-state index in [4.69, 9.17) is 47.4 Å². The quantitative estimate of drug-likeness (QED) is 0.0642. The Hall–Kier alpha value is -9.33. The van der Waals surface area contributed by atoms with Crippen molar-refractivity contribution in [2.75, 3.05) is 13.2 Å². The van der Waals surface area contributed by atoms with E-state index >= 15 is 0 Å². The first kappa shape index (κ1) is 54.5. The molecule has 0 aromatic heterocycles. The molecule has 79 heavy (non-hydrogen) atoms. The lowest BCUT2D eigenvalue weighted by atomic mass is 9.95. The molecule has 0 aliphatic carbocycles. The van der Waals surface area contributed by atoms with Gasteiger partial charge in [-0.3, -0.25) is 0 Å². The first-order chi connectivity index (χ1) is 38.5. The summed E-state index contributed by atoms with van der Waals surface area (Å²) in [7, 11) is 0. The summed E-state index contributed by atoms with van der Waals surface area (Å²) in [6.07, 6.45) is -19.0. The maximum Gasteiger partial charge on any atom is 0.338 e. The Balaban J connectivity index is 1.18. The van der Waals surface area contributed by atoms with E-state index in [9.17, 15) is 38.7 Å². The van der Waals surface area contributed by atoms with E-state index in [0.717, 1.165) is 0 Å². The fraction of sp³-hybridized carbons (Fsp3) is 0.197. The van der Waals surface area contributed by atoms with Gasteiger partial charge in [-0.15, -0.1) is 0 Å². The van der Waals surface area contributed by atoms with E-state index in [1.807, 2.05) is 0 Å². The Morgan fingerprint density at radius 1 is 0.304 bits per heavy atom. The molecule has 2 heterocycles. The van der Waals surface area contributed by atoms with Crippen molar-refractivity contribution in [1.29, 1.82) is 0 Å². The van der Waals surface area contributed by atoms with Gasteiger partial charge in [0.2, 0.25) is 0 Å². The maximum atomic E-state index is 14.5. The van der Waals surface area contributed by atoms with Crippen LogP contribution in [0.4, 0.5) is 0 Å². The van der Waals surface area contributed by atoms with E-state index in [1.165, 1.54) is 84.9 Å². The Morgan fingerprint density at radius 3 is 0.886 bits per heavy atom. The first-order valence-electron chi connectivity index (χ1n) is 24.9. The van der Waals surface area contributed by atoms with Gasteiger partial charge in [0, 0.05) is 0 Å². The van der Waals surface area contributed by atoms with Crippen LogP contribution in [0.15, 0.2) is 212 Å². The second-order valence-corrected chi connectivity index (χ2v) is 17.8. The normalized spacial score (nSPS) is 22.4. The number of hydrogen-bond donors (Lipinski definition) is 1. The third-order valence-electron chi connectivity index (χ3n) is 12.5. The Kier molecular flexibility index (Phi) is 18.0. The van der Waals surface area contributed by atoms with Gasteiger partial charge in [0.05, 0.1) is 38.9 Å². The van der Waals surface area contributed by atoms with E-state index in [2.05, 4.69) is 0 Å². The lowest BCUT2D eigenvalue weighted by Gasteiger charge is -2.48. The van der Waals surface area contributed by atoms with Crippen molar-refractivity contribution < 1.29 is 86.0 Å². The number of aliphatic hydroxyl groups excluding tert-OH is 1. The molecule has 7 aromatic carbocycles. The highest BCUT2D eigenvalue weighted by atomic mass is 16.8. The predicted molar refractivity (Wildman–Crippen MR) is 276 cm³/mol. The third-order valence-corrected chi connectivity index (χ3v) is 12.5. The number of ether oxygens (including phenoxy) is 10. The predicted octanol–water partition coefficient (Wildman–Crippen LogP) is 7.66. The van der Waals surface area contributed by atoms with Crippen LogP contribution in [0.2, 0.25) is 0 Å². The molecule has 0 radical (unpaired) electrons. The molecule has 0 saturated carbocycles. The SMILES string of the molecule is O=C(OC[C@H]1O[C@@H](O[C@H]2[C@H](OC(=O)c3ccccc3)[C@H](OC(=O)c3ccccc3)[C@@H](O)O[C@@H]2COC(=O)c2ccccc2)[C@@H](OC(=O)c2ccccc2)[C@@H](OC(=O)c2ccccc2)[C@H]1OC(=O)c1ccccc1)c1ccccc1. The monoisotopic (exact) mass is 1070 g/mol. The fourth-order valence-corrected chi connectivity index (χ4v) is 8.59. The van der Waals surface area contributed by atoms with E-state index < -0.39 is 116 Å². The molecule has 0 bridgehead atoms. The van der Waals surface area contributed by atoms with Crippen LogP contribution in [0.5, 0.6) is 0 Å². The zero-order valence-corrected chi connectivity index (χ0v) is 41.8. The molecule has 18 nitrogen and oxygen atoms in total. The van der Waals surface area contributed by atoms with E-state index in [0.29, 0.717) is 0 Å². The molecule has 7 aromatic rings. The molecule has 0 spiro atoms. The highest BCUT2D eigenvalue weighted by Crippen LogP contribution is 2.36. The Bertz CT molecular complexity index is 3170. The number of benzene rings is 7. The summed E-state index contributed by atoms with van der Waals surface area (Å²) in [6.45, 7) is -1.50. The molecule has 2 aliphatic rings. The van der Waals surface area contributed by atoms with E-state index in [-0.39, 0.29) is 38.9 Å². The lowest BCUT2D eigenvalue weighted by molar-refractivity contribution is -0.352. The van der Waals surface area contributed by atoms with Crippen LogP contribution in [0.25, 0.3) is 0 Å². The van der Waals surface area contributed by atoms with Crippen LogP contribution >= 0.6 is 0 Å². The topological polar surface area (TPSA) is 232 Å². The largest absolute Gasteiger partial charge is 0.459 e. The maximum absolute atomic E-state index is 14.5. The van der Waals surface area contributed by atoms with Crippen LogP contribution in [-0.4, -0.2) is 122 Å². The summed E-state index contributed by atoms with van der Waals surface area (Å²) in [5, 5.41) is 11.9. The zero-order valence-electron chi connectivity index (χ0n) is 41.8. The van der Waals surface area contributed by atoms with E-state index in [1.54, 1.807) is 127 Å². The van der Waals surface area contributed by atoms with Gasteiger partial charge in [-0.05, 0) is 84.9 Å². The summed E-state index contributed by atoms with van der Waals surface area (Å²) in [5.41, 5.74) is 0.298. The van der Waals surface area contributed by atoms with Crippen LogP contribution in [-0.2, 0) is 47.4 Å². The molecule has 1 N–H and O–H groups in total. The summed E-state index contributed by atoms with van der Waals surface area (Å²) in [6, 6.07) is 54.1. The molecular formula is C61H50O18. The minimum atomic E-state index is -2.12. The smallest absolute Gasteiger partial charge is 0.338 e. The van der Waals surface area contributed by atoms with Gasteiger partial charge in [-0.25, -0.2) is 33.6 Å². The third kappa shape index (κ3) is 13.8. The first-order valence-corrected chi connectivity index (χ1v) is 24.9. The molecule has 0 unspecified atom stereocenters. The average Bonchev–Trinajstić information content (AvgIpc) is 3.60. The minimum Gasteiger partial charge on any atom is -0.459 e. The van der Waals surface area contributed by atoms with Gasteiger partial charge in [-0.2, -0.15) is 0 Å². The molecule has 2 aliphatic heterocycles. The number of carbonyl (C=O) groups is 7. The average molecular weight is 1070 g/mol. The highest BCUT2D eigenvalue weighted by Gasteiger charge is 2.58. The zero-order chi connectivity index (χ0) is 55.1. The van der Waals surface area contributed by atoms with Gasteiger partial charge in [0.1, 0.15) is 31.5 Å². The molecule has 0 amide bonds. The van der Waals surface area contributed by atoms with Gasteiger partial charge in [0.15, 0.2) is 43.1 Å². The van der Waals surface area contributed by atoms with Gasteiger partial charge >= 0.3 is 41.8 Å². The summed E-state index contributed by atoms with van der Waals surface area (Å²) in [4.78, 5) is 98.6. The number of carbonyl (C=O) groups excluding carboxylic acids is 7. The Labute approximate surface area is 452 Å². The lowest BCUT2D eigenvalue weighted by Crippen LogP contribution is -2.67. The molecule has 2 saturated heterocycles. The Morgan fingerprint density at radius 2 is 0.557 bits per heavy atom. The van der Waals surface area contributed by atoms with Crippen molar-refractivity contribution >= 4 is 41.8 Å². The van der Waals surface area contributed by atoms with Crippen LogP contribution in [0.3, 0.4) is 0 Å². The van der Waals surface area contributed by atoms with Gasteiger partial charge in [-0.1, -0.05) is 127 Å². The van der Waals surface area contributed by atoms with Crippen molar-refractivity contribution in [1.82, 2.24) is 0 Å². The van der Waals surface area contributed by atoms with Crippen molar-refractivity contribution in [3.8, 4) is 0 Å². The summed E-state index contributed by atoms with van der Waals surface area (Å²) in [5.74, 6) is -6.72. The van der Waals surface area contributed by atoms with Crippen LogP contribution in [0, 0.1) is 0 Å². The number of esters is 7. The van der Waals surface area contributed by atoms with Gasteiger partial charge in [0.25, 0.3) is 0 Å².